The summed E-state index contributed by atoms with van der Waals surface area (Å²) < 4.78 is 5.19. The largest absolute Gasteiger partial charge is 0.424 e. The molecule has 6 heteroatoms. The van der Waals surface area contributed by atoms with Crippen LogP contribution in [0.1, 0.15) is 25.6 Å². The lowest BCUT2D eigenvalue weighted by Gasteiger charge is -2.19. The number of aryl methyl sites for hydroxylation is 1. The molecule has 0 aliphatic heterocycles. The van der Waals surface area contributed by atoms with Crippen LogP contribution in [0.15, 0.2) is 4.42 Å². The Balaban J connectivity index is 2.40. The third-order valence-corrected chi connectivity index (χ3v) is 2.35. The molecule has 0 spiro atoms. The van der Waals surface area contributed by atoms with Gasteiger partial charge in [0.05, 0.1) is 12.6 Å². The van der Waals surface area contributed by atoms with Crippen molar-refractivity contribution in [3.8, 4) is 0 Å². The molecule has 0 fully saturated rings. The van der Waals surface area contributed by atoms with E-state index >= 15 is 0 Å². The van der Waals surface area contributed by atoms with E-state index in [1.54, 1.807) is 18.9 Å². The predicted octanol–water partition coefficient (Wildman–Crippen LogP) is 0.334. The van der Waals surface area contributed by atoms with Gasteiger partial charge in [-0.2, -0.15) is 0 Å². The van der Waals surface area contributed by atoms with Gasteiger partial charge in [-0.3, -0.25) is 10.1 Å². The minimum Gasteiger partial charge on any atom is -0.424 e. The van der Waals surface area contributed by atoms with Gasteiger partial charge >= 0.3 is 0 Å². The summed E-state index contributed by atoms with van der Waals surface area (Å²) in [6, 6.07) is -0.253. The number of amides is 1. The van der Waals surface area contributed by atoms with Crippen LogP contribution in [-0.4, -0.2) is 40.6 Å². The van der Waals surface area contributed by atoms with Crippen LogP contribution in [-0.2, 0) is 11.3 Å². The number of hydrogen-bond acceptors (Lipinski definition) is 5. The molecule has 16 heavy (non-hydrogen) atoms. The average Bonchev–Trinajstić information content (AvgIpc) is 2.69. The lowest BCUT2D eigenvalue weighted by atomic mass is 10.3. The Morgan fingerprint density at radius 2 is 2.25 bits per heavy atom. The molecule has 1 unspecified atom stereocenters. The molecule has 1 aromatic heterocycles. The standard InChI is InChI=1S/C10H18N4O2/c1-5-14(4)10(15)7(2)11-6-9-13-12-8(3)16-9/h7,11H,5-6H2,1-4H3. The molecule has 6 nitrogen and oxygen atoms in total. The number of rotatable bonds is 5. The Kier molecular flexibility index (Phi) is 4.42. The highest BCUT2D eigenvalue weighted by atomic mass is 16.4. The first-order valence-corrected chi connectivity index (χ1v) is 5.32. The van der Waals surface area contributed by atoms with Crippen molar-refractivity contribution in [2.45, 2.75) is 33.4 Å². The second-order valence-corrected chi connectivity index (χ2v) is 3.67. The van der Waals surface area contributed by atoms with Crippen molar-refractivity contribution in [1.29, 1.82) is 0 Å². The summed E-state index contributed by atoms with van der Waals surface area (Å²) >= 11 is 0. The first-order chi connectivity index (χ1) is 7.54. The zero-order valence-corrected chi connectivity index (χ0v) is 10.1. The maximum absolute atomic E-state index is 11.7. The lowest BCUT2D eigenvalue weighted by molar-refractivity contribution is -0.131. The molecule has 90 valence electrons. The van der Waals surface area contributed by atoms with Gasteiger partial charge in [-0.15, -0.1) is 10.2 Å². The molecular formula is C10H18N4O2. The zero-order valence-electron chi connectivity index (χ0n) is 10.1. The van der Waals surface area contributed by atoms with Gasteiger partial charge in [0.1, 0.15) is 0 Å². The van der Waals surface area contributed by atoms with Gasteiger partial charge in [-0.05, 0) is 13.8 Å². The summed E-state index contributed by atoms with van der Waals surface area (Å²) in [5, 5.41) is 10.6. The highest BCUT2D eigenvalue weighted by Gasteiger charge is 2.16. The van der Waals surface area contributed by atoms with Crippen molar-refractivity contribution in [3.63, 3.8) is 0 Å². The second-order valence-electron chi connectivity index (χ2n) is 3.67. The zero-order chi connectivity index (χ0) is 12.1. The Labute approximate surface area is 95.0 Å². The molecule has 1 amide bonds. The molecular weight excluding hydrogens is 208 g/mol. The Morgan fingerprint density at radius 3 is 2.75 bits per heavy atom. The van der Waals surface area contributed by atoms with E-state index in [4.69, 9.17) is 4.42 Å². The average molecular weight is 226 g/mol. The van der Waals surface area contributed by atoms with Gasteiger partial charge in [0.25, 0.3) is 0 Å². The van der Waals surface area contributed by atoms with E-state index in [9.17, 15) is 4.79 Å². The fourth-order valence-corrected chi connectivity index (χ4v) is 1.22. The maximum atomic E-state index is 11.7. The van der Waals surface area contributed by atoms with Gasteiger partial charge in [0, 0.05) is 20.5 Å². The molecule has 1 aromatic rings. The van der Waals surface area contributed by atoms with E-state index in [-0.39, 0.29) is 11.9 Å². The van der Waals surface area contributed by atoms with Crippen LogP contribution in [0.25, 0.3) is 0 Å². The summed E-state index contributed by atoms with van der Waals surface area (Å²) in [5.41, 5.74) is 0. The van der Waals surface area contributed by atoms with Gasteiger partial charge in [-0.1, -0.05) is 0 Å². The van der Waals surface area contributed by atoms with E-state index in [0.717, 1.165) is 0 Å². The Hall–Kier alpha value is -1.43. The number of carbonyl (C=O) groups excluding carboxylic acids is 1. The van der Waals surface area contributed by atoms with Gasteiger partial charge < -0.3 is 9.32 Å². The normalized spacial score (nSPS) is 12.5. The minimum absolute atomic E-state index is 0.0544. The van der Waals surface area contributed by atoms with E-state index in [0.29, 0.717) is 24.9 Å². The van der Waals surface area contributed by atoms with Crippen molar-refractivity contribution in [1.82, 2.24) is 20.4 Å². The molecule has 0 radical (unpaired) electrons. The van der Waals surface area contributed by atoms with Crippen LogP contribution in [0.2, 0.25) is 0 Å². The van der Waals surface area contributed by atoms with Gasteiger partial charge in [0.15, 0.2) is 0 Å². The van der Waals surface area contributed by atoms with Crippen molar-refractivity contribution in [2.24, 2.45) is 0 Å². The second kappa shape index (κ2) is 5.60. The number of hydrogen-bond donors (Lipinski definition) is 1. The van der Waals surface area contributed by atoms with Crippen LogP contribution in [0.4, 0.5) is 0 Å². The third-order valence-electron chi connectivity index (χ3n) is 2.35. The molecule has 0 aliphatic carbocycles. The van der Waals surface area contributed by atoms with E-state index in [1.165, 1.54) is 0 Å². The summed E-state index contributed by atoms with van der Waals surface area (Å²) in [7, 11) is 1.78. The SMILES string of the molecule is CCN(C)C(=O)C(C)NCc1nnc(C)o1. The van der Waals surface area contributed by atoms with Crippen LogP contribution in [0.5, 0.6) is 0 Å². The minimum atomic E-state index is -0.253. The number of aromatic nitrogens is 2. The summed E-state index contributed by atoms with van der Waals surface area (Å²) in [5.74, 6) is 1.08. The van der Waals surface area contributed by atoms with Gasteiger partial charge in [0.2, 0.25) is 17.7 Å². The number of nitrogens with one attached hydrogen (secondary N) is 1. The molecule has 0 bridgehead atoms. The third kappa shape index (κ3) is 3.30. The van der Waals surface area contributed by atoms with Crippen LogP contribution in [0, 0.1) is 6.92 Å². The number of likely N-dealkylation sites (N-methyl/N-ethyl adjacent to an activating group) is 1. The van der Waals surface area contributed by atoms with Crippen LogP contribution >= 0.6 is 0 Å². The summed E-state index contributed by atoms with van der Waals surface area (Å²) in [6.07, 6.45) is 0. The van der Waals surface area contributed by atoms with Crippen molar-refractivity contribution >= 4 is 5.91 Å². The quantitative estimate of drug-likeness (QED) is 0.783. The summed E-state index contributed by atoms with van der Waals surface area (Å²) in [6.45, 7) is 6.59. The highest BCUT2D eigenvalue weighted by molar-refractivity contribution is 5.81. The molecule has 1 heterocycles. The van der Waals surface area contributed by atoms with E-state index < -0.39 is 0 Å². The molecule has 0 aliphatic rings. The van der Waals surface area contributed by atoms with Gasteiger partial charge in [-0.25, -0.2) is 0 Å². The topological polar surface area (TPSA) is 71.3 Å². The Bertz CT molecular complexity index is 350. The van der Waals surface area contributed by atoms with E-state index in [1.807, 2.05) is 13.8 Å². The number of carbonyl (C=O) groups is 1. The first-order valence-electron chi connectivity index (χ1n) is 5.32. The molecule has 0 saturated heterocycles. The fraction of sp³-hybridized carbons (Fsp3) is 0.700. The maximum Gasteiger partial charge on any atom is 0.239 e. The predicted molar refractivity (Wildman–Crippen MR) is 58.6 cm³/mol. The smallest absolute Gasteiger partial charge is 0.239 e. The van der Waals surface area contributed by atoms with Crippen molar-refractivity contribution in [3.05, 3.63) is 11.8 Å². The lowest BCUT2D eigenvalue weighted by Crippen LogP contribution is -2.42. The molecule has 0 saturated carbocycles. The summed E-state index contributed by atoms with van der Waals surface area (Å²) in [4.78, 5) is 13.4. The molecule has 1 atom stereocenters. The highest BCUT2D eigenvalue weighted by Crippen LogP contribution is 1.98. The van der Waals surface area contributed by atoms with Crippen molar-refractivity contribution in [2.75, 3.05) is 13.6 Å². The monoisotopic (exact) mass is 226 g/mol. The molecule has 0 aromatic carbocycles. The van der Waals surface area contributed by atoms with Crippen molar-refractivity contribution < 1.29 is 9.21 Å². The van der Waals surface area contributed by atoms with Crippen LogP contribution < -0.4 is 5.32 Å². The fourth-order valence-electron chi connectivity index (χ4n) is 1.22. The Morgan fingerprint density at radius 1 is 1.56 bits per heavy atom. The number of nitrogens with zero attached hydrogens (tertiary/aromatic N) is 3. The molecule has 1 N–H and O–H groups in total. The molecule has 1 rings (SSSR count). The first kappa shape index (κ1) is 12.6. The van der Waals surface area contributed by atoms with Crippen LogP contribution in [0.3, 0.4) is 0 Å². The van der Waals surface area contributed by atoms with E-state index in [2.05, 4.69) is 15.5 Å².